The molecule has 1 rings (SSSR count). The summed E-state index contributed by atoms with van der Waals surface area (Å²) in [6.07, 6.45) is 1.61. The summed E-state index contributed by atoms with van der Waals surface area (Å²) < 4.78 is 24.3. The first-order valence-electron chi connectivity index (χ1n) is 10.5. The Morgan fingerprint density at radius 3 is 2.19 bits per heavy atom. The first-order valence-corrected chi connectivity index (χ1v) is 12.9. The third-order valence-corrected chi connectivity index (χ3v) is 7.83. The van der Waals surface area contributed by atoms with Crippen LogP contribution in [0.25, 0.3) is 0 Å². The maximum absolute atomic E-state index is 13.8. The molecule has 0 saturated heterocycles. The summed E-state index contributed by atoms with van der Waals surface area (Å²) in [6.45, 7) is 9.39. The van der Waals surface area contributed by atoms with Gasteiger partial charge >= 0.3 is 0 Å². The number of nitrogens with one attached hydrogen (secondary N) is 2. The summed E-state index contributed by atoms with van der Waals surface area (Å²) in [7, 11) is -3.80. The summed E-state index contributed by atoms with van der Waals surface area (Å²) in [5, 5.41) is 6.03. The number of hydrogen-bond acceptors (Lipinski definition) is 5. The molecule has 0 bridgehead atoms. The Morgan fingerprint density at radius 1 is 1.16 bits per heavy atom. The summed E-state index contributed by atoms with van der Waals surface area (Å²) in [4.78, 5) is 28.0. The monoisotopic (exact) mass is 473 g/mol. The molecule has 0 aliphatic heterocycles. The predicted molar refractivity (Wildman–Crippen MR) is 126 cm³/mol. The molecule has 1 aromatic carbocycles. The van der Waals surface area contributed by atoms with Gasteiger partial charge in [0.25, 0.3) is 5.91 Å². The van der Waals surface area contributed by atoms with Crippen LogP contribution in [0.4, 0.5) is 0 Å². The van der Waals surface area contributed by atoms with Gasteiger partial charge in [0.2, 0.25) is 5.91 Å². The lowest BCUT2D eigenvalue weighted by atomic mass is 9.89. The van der Waals surface area contributed by atoms with Crippen LogP contribution in [-0.2, 0) is 26.0 Å². The van der Waals surface area contributed by atoms with Crippen molar-refractivity contribution in [1.82, 2.24) is 15.5 Å². The van der Waals surface area contributed by atoms with Crippen molar-refractivity contribution >= 4 is 33.3 Å². The molecular formula is C22H36ClN3O4S. The molecule has 31 heavy (non-hydrogen) atoms. The summed E-state index contributed by atoms with van der Waals surface area (Å²) in [6, 6.07) is 9.30. The third kappa shape index (κ3) is 6.20. The predicted octanol–water partition coefficient (Wildman–Crippen LogP) is 2.55. The lowest BCUT2D eigenvalue weighted by Gasteiger charge is -2.51. The molecule has 9 heteroatoms. The van der Waals surface area contributed by atoms with Crippen molar-refractivity contribution in [3.8, 4) is 0 Å². The molecule has 2 amide bonds. The van der Waals surface area contributed by atoms with Gasteiger partial charge in [-0.3, -0.25) is 14.9 Å². The fourth-order valence-corrected chi connectivity index (χ4v) is 4.37. The van der Waals surface area contributed by atoms with Gasteiger partial charge in [0.05, 0.1) is 0 Å². The third-order valence-electron chi connectivity index (χ3n) is 5.46. The van der Waals surface area contributed by atoms with E-state index in [0.717, 1.165) is 11.8 Å². The van der Waals surface area contributed by atoms with Crippen molar-refractivity contribution < 1.29 is 18.0 Å². The van der Waals surface area contributed by atoms with E-state index in [1.807, 2.05) is 51.1 Å². The Balaban J connectivity index is 3.66. The van der Waals surface area contributed by atoms with Gasteiger partial charge in [0, 0.05) is 25.9 Å². The minimum atomic E-state index is -3.80. The molecule has 7 nitrogen and oxygen atoms in total. The van der Waals surface area contributed by atoms with Crippen LogP contribution in [-0.4, -0.2) is 60.8 Å². The minimum absolute atomic E-state index is 0.103. The quantitative estimate of drug-likeness (QED) is 0.359. The van der Waals surface area contributed by atoms with E-state index in [4.69, 9.17) is 11.6 Å². The Labute approximate surface area is 191 Å². The van der Waals surface area contributed by atoms with Crippen molar-refractivity contribution in [3.05, 3.63) is 35.9 Å². The Bertz CT molecular complexity index is 844. The minimum Gasteiger partial charge on any atom is -0.349 e. The Morgan fingerprint density at radius 2 is 1.74 bits per heavy atom. The van der Waals surface area contributed by atoms with Crippen molar-refractivity contribution in [2.75, 3.05) is 25.2 Å². The van der Waals surface area contributed by atoms with Crippen molar-refractivity contribution in [1.29, 1.82) is 0 Å². The van der Waals surface area contributed by atoms with Crippen LogP contribution in [0.5, 0.6) is 0 Å². The van der Waals surface area contributed by atoms with E-state index in [0.29, 0.717) is 13.0 Å². The molecule has 1 aromatic rings. The van der Waals surface area contributed by atoms with Crippen molar-refractivity contribution in [3.63, 3.8) is 0 Å². The number of halogens is 1. The van der Waals surface area contributed by atoms with Gasteiger partial charge in [-0.2, -0.15) is 0 Å². The van der Waals surface area contributed by atoms with Crippen LogP contribution >= 0.6 is 11.6 Å². The van der Waals surface area contributed by atoms with Crippen molar-refractivity contribution in [2.24, 2.45) is 5.92 Å². The average Bonchev–Trinajstić information content (AvgIpc) is 2.70. The molecule has 0 radical (unpaired) electrons. The number of carbonyl (C=O) groups excluding carboxylic acids is 2. The number of nitrogens with zero attached hydrogens (tertiary/aromatic N) is 1. The Hall–Kier alpha value is -1.64. The standard InChI is InChI=1S/C22H36ClN3O4S/c1-7-13-26(19(27)14-23)22(25-15-17(2)3,21(4,5)31(6,29)30)20(28)24-16-18-11-9-8-10-12-18/h8-12,17,25H,7,13-16H2,1-6H3,(H,24,28)/t22-/m0/s1. The molecule has 0 aliphatic rings. The summed E-state index contributed by atoms with van der Waals surface area (Å²) in [5.74, 6) is -1.35. The van der Waals surface area contributed by atoms with Crippen LogP contribution in [0, 0.1) is 5.92 Å². The molecule has 2 N–H and O–H groups in total. The average molecular weight is 474 g/mol. The van der Waals surface area contributed by atoms with E-state index in [-0.39, 0.29) is 24.9 Å². The summed E-state index contributed by atoms with van der Waals surface area (Å²) >= 11 is 5.89. The summed E-state index contributed by atoms with van der Waals surface area (Å²) in [5.41, 5.74) is -0.988. The molecule has 0 saturated carbocycles. The maximum Gasteiger partial charge on any atom is 0.263 e. The highest BCUT2D eigenvalue weighted by atomic mass is 35.5. The lowest BCUT2D eigenvalue weighted by molar-refractivity contribution is -0.152. The molecule has 0 aromatic heterocycles. The van der Waals surface area contributed by atoms with Gasteiger partial charge in [0.1, 0.15) is 10.6 Å². The normalized spacial score (nSPS) is 14.2. The second-order valence-electron chi connectivity index (χ2n) is 8.61. The fourth-order valence-electron chi connectivity index (χ4n) is 3.41. The largest absolute Gasteiger partial charge is 0.349 e. The molecule has 0 fully saturated rings. The van der Waals surface area contributed by atoms with E-state index >= 15 is 0 Å². The number of amides is 2. The maximum atomic E-state index is 13.8. The molecule has 0 aliphatic carbocycles. The molecule has 0 spiro atoms. The smallest absolute Gasteiger partial charge is 0.263 e. The number of rotatable bonds is 12. The molecule has 0 unspecified atom stereocenters. The van der Waals surface area contributed by atoms with Gasteiger partial charge in [0.15, 0.2) is 15.5 Å². The van der Waals surface area contributed by atoms with Gasteiger partial charge in [-0.15, -0.1) is 11.6 Å². The second-order valence-corrected chi connectivity index (χ2v) is 11.4. The number of hydrogen-bond donors (Lipinski definition) is 2. The number of alkyl halides is 1. The Kier molecular flexibility index (Phi) is 9.98. The van der Waals surface area contributed by atoms with Crippen LogP contribution < -0.4 is 10.6 Å². The van der Waals surface area contributed by atoms with Crippen LogP contribution in [0.2, 0.25) is 0 Å². The number of sulfone groups is 1. The molecular weight excluding hydrogens is 438 g/mol. The van der Waals surface area contributed by atoms with Crippen LogP contribution in [0.3, 0.4) is 0 Å². The highest BCUT2D eigenvalue weighted by Gasteiger charge is 2.61. The molecule has 1 atom stereocenters. The van der Waals surface area contributed by atoms with Crippen molar-refractivity contribution in [2.45, 2.75) is 58.0 Å². The zero-order valence-electron chi connectivity index (χ0n) is 19.4. The highest BCUT2D eigenvalue weighted by Crippen LogP contribution is 2.34. The van der Waals surface area contributed by atoms with E-state index < -0.39 is 32.1 Å². The molecule has 0 heterocycles. The van der Waals surface area contributed by atoms with Gasteiger partial charge in [-0.25, -0.2) is 8.42 Å². The topological polar surface area (TPSA) is 95.6 Å². The van der Waals surface area contributed by atoms with Crippen LogP contribution in [0.1, 0.15) is 46.6 Å². The SMILES string of the molecule is CCCN(C(=O)CCl)[C@@](NCC(C)C)(C(=O)NCc1ccccc1)C(C)(C)S(C)(=O)=O. The molecule has 176 valence electrons. The number of carbonyl (C=O) groups is 2. The van der Waals surface area contributed by atoms with E-state index in [1.54, 1.807) is 0 Å². The second kappa shape index (κ2) is 11.3. The first kappa shape index (κ1) is 27.4. The van der Waals surface area contributed by atoms with Gasteiger partial charge in [-0.05, 0) is 31.7 Å². The van der Waals surface area contributed by atoms with E-state index in [1.165, 1.54) is 18.7 Å². The number of benzene rings is 1. The van der Waals surface area contributed by atoms with E-state index in [2.05, 4.69) is 10.6 Å². The fraction of sp³-hybridized carbons (Fsp3) is 0.636. The van der Waals surface area contributed by atoms with Gasteiger partial charge < -0.3 is 10.2 Å². The van der Waals surface area contributed by atoms with Crippen LogP contribution in [0.15, 0.2) is 30.3 Å². The zero-order chi connectivity index (χ0) is 23.9. The highest BCUT2D eigenvalue weighted by molar-refractivity contribution is 7.92. The zero-order valence-corrected chi connectivity index (χ0v) is 20.9. The lowest BCUT2D eigenvalue weighted by Crippen LogP contribution is -2.79. The van der Waals surface area contributed by atoms with E-state index in [9.17, 15) is 18.0 Å². The van der Waals surface area contributed by atoms with Gasteiger partial charge in [-0.1, -0.05) is 51.1 Å². The first-order chi connectivity index (χ1) is 14.3.